The number of ether oxygens (including phenoxy) is 1. The number of hydrogen-bond donors (Lipinski definition) is 3. The molecule has 1 aliphatic carbocycles. The van der Waals surface area contributed by atoms with Gasteiger partial charge in [0, 0.05) is 16.9 Å². The predicted octanol–water partition coefficient (Wildman–Crippen LogP) is 3.53. The molecule has 1 saturated carbocycles. The van der Waals surface area contributed by atoms with Gasteiger partial charge in [0.15, 0.2) is 0 Å². The molecule has 0 bridgehead atoms. The van der Waals surface area contributed by atoms with Crippen LogP contribution in [0.1, 0.15) is 49.4 Å². The number of carbonyl (C=O) groups is 4. The van der Waals surface area contributed by atoms with Crippen LogP contribution in [0.15, 0.2) is 48.5 Å². The van der Waals surface area contributed by atoms with E-state index in [1.165, 1.54) is 0 Å². The van der Waals surface area contributed by atoms with Crippen molar-refractivity contribution >= 4 is 35.1 Å². The summed E-state index contributed by atoms with van der Waals surface area (Å²) in [7, 11) is 0. The van der Waals surface area contributed by atoms with E-state index in [0.29, 0.717) is 36.4 Å². The number of rotatable bonds is 7. The standard InChI is InChI=1S/C25H28N4O5/c1-2-34-20-12-10-19(11-13-20)27-22(31)17-6-8-18(9-7-17)26-21(30)16-29-23(32)25(28-24(29)33)14-4-3-5-15-25/h6-13H,2-5,14-16H2,1H3,(H,26,30)(H,27,31)(H,28,33). The van der Waals surface area contributed by atoms with Crippen molar-refractivity contribution in [2.45, 2.75) is 44.6 Å². The fraction of sp³-hybridized carbons (Fsp3) is 0.360. The van der Waals surface area contributed by atoms with E-state index in [1.54, 1.807) is 48.5 Å². The first-order valence-corrected chi connectivity index (χ1v) is 11.5. The monoisotopic (exact) mass is 464 g/mol. The molecule has 4 rings (SSSR count). The van der Waals surface area contributed by atoms with Gasteiger partial charge >= 0.3 is 6.03 Å². The summed E-state index contributed by atoms with van der Waals surface area (Å²) in [6.07, 6.45) is 4.01. The SMILES string of the molecule is CCOc1ccc(NC(=O)c2ccc(NC(=O)CN3C(=O)NC4(CCCCC4)C3=O)cc2)cc1. The van der Waals surface area contributed by atoms with Crippen LogP contribution in [0, 0.1) is 0 Å². The summed E-state index contributed by atoms with van der Waals surface area (Å²) in [6.45, 7) is 2.11. The minimum atomic E-state index is -0.853. The highest BCUT2D eigenvalue weighted by Gasteiger charge is 2.51. The number of imide groups is 1. The van der Waals surface area contributed by atoms with Crippen molar-refractivity contribution in [3.05, 3.63) is 54.1 Å². The second kappa shape index (κ2) is 9.94. The van der Waals surface area contributed by atoms with Gasteiger partial charge in [0.25, 0.3) is 11.8 Å². The number of hydrogen-bond acceptors (Lipinski definition) is 5. The van der Waals surface area contributed by atoms with Gasteiger partial charge in [0.05, 0.1) is 6.61 Å². The maximum Gasteiger partial charge on any atom is 0.325 e. The minimum absolute atomic E-state index is 0.292. The van der Waals surface area contributed by atoms with E-state index in [-0.39, 0.29) is 18.4 Å². The van der Waals surface area contributed by atoms with Crippen molar-refractivity contribution in [3.63, 3.8) is 0 Å². The van der Waals surface area contributed by atoms with Crippen LogP contribution in [-0.2, 0) is 9.59 Å². The molecule has 1 saturated heterocycles. The zero-order valence-corrected chi connectivity index (χ0v) is 19.1. The van der Waals surface area contributed by atoms with Crippen LogP contribution in [-0.4, -0.2) is 47.3 Å². The maximum atomic E-state index is 12.8. The molecule has 0 unspecified atom stereocenters. The van der Waals surface area contributed by atoms with Gasteiger partial charge in [-0.2, -0.15) is 0 Å². The quantitative estimate of drug-likeness (QED) is 0.542. The summed E-state index contributed by atoms with van der Waals surface area (Å²) in [5, 5.41) is 8.27. The zero-order chi connectivity index (χ0) is 24.1. The van der Waals surface area contributed by atoms with E-state index in [2.05, 4.69) is 16.0 Å². The first-order chi connectivity index (χ1) is 16.4. The normalized spacial score (nSPS) is 16.8. The summed E-state index contributed by atoms with van der Waals surface area (Å²) in [5.41, 5.74) is 0.658. The predicted molar refractivity (Wildman–Crippen MR) is 127 cm³/mol. The van der Waals surface area contributed by atoms with Crippen molar-refractivity contribution in [3.8, 4) is 5.75 Å². The Morgan fingerprint density at radius 1 is 0.941 bits per heavy atom. The molecule has 2 aromatic rings. The number of amides is 5. The Morgan fingerprint density at radius 3 is 2.21 bits per heavy atom. The Balaban J connectivity index is 1.31. The second-order valence-corrected chi connectivity index (χ2v) is 8.50. The summed E-state index contributed by atoms with van der Waals surface area (Å²) < 4.78 is 5.39. The van der Waals surface area contributed by atoms with Crippen LogP contribution in [0.4, 0.5) is 16.2 Å². The average Bonchev–Trinajstić information content (AvgIpc) is 3.05. The highest BCUT2D eigenvalue weighted by Crippen LogP contribution is 2.33. The molecule has 1 heterocycles. The van der Waals surface area contributed by atoms with Crippen LogP contribution in [0.2, 0.25) is 0 Å². The number of anilines is 2. The zero-order valence-electron chi connectivity index (χ0n) is 19.1. The third kappa shape index (κ3) is 5.03. The van der Waals surface area contributed by atoms with Crippen molar-refractivity contribution < 1.29 is 23.9 Å². The minimum Gasteiger partial charge on any atom is -0.494 e. The van der Waals surface area contributed by atoms with Crippen molar-refractivity contribution in [2.24, 2.45) is 0 Å². The number of benzene rings is 2. The van der Waals surface area contributed by atoms with E-state index in [1.807, 2.05) is 6.92 Å². The molecule has 34 heavy (non-hydrogen) atoms. The number of urea groups is 1. The fourth-order valence-electron chi connectivity index (χ4n) is 4.37. The van der Waals surface area contributed by atoms with E-state index < -0.39 is 17.5 Å². The van der Waals surface area contributed by atoms with Gasteiger partial charge in [-0.25, -0.2) is 4.79 Å². The number of carbonyl (C=O) groups excluding carboxylic acids is 4. The van der Waals surface area contributed by atoms with E-state index in [4.69, 9.17) is 4.74 Å². The molecule has 3 N–H and O–H groups in total. The van der Waals surface area contributed by atoms with E-state index in [9.17, 15) is 19.2 Å². The summed E-state index contributed by atoms with van der Waals surface area (Å²) >= 11 is 0. The largest absolute Gasteiger partial charge is 0.494 e. The third-order valence-corrected chi connectivity index (χ3v) is 6.11. The van der Waals surface area contributed by atoms with Crippen molar-refractivity contribution in [1.29, 1.82) is 0 Å². The Bertz CT molecular complexity index is 1080. The Kier molecular flexibility index (Phi) is 6.81. The average molecular weight is 465 g/mol. The van der Waals surface area contributed by atoms with Gasteiger partial charge in [0.1, 0.15) is 17.8 Å². The van der Waals surface area contributed by atoms with Crippen LogP contribution < -0.4 is 20.7 Å². The lowest BCUT2D eigenvalue weighted by Gasteiger charge is -2.30. The van der Waals surface area contributed by atoms with Crippen LogP contribution >= 0.6 is 0 Å². The summed E-state index contributed by atoms with van der Waals surface area (Å²) in [5.74, 6) is -0.377. The first kappa shape index (κ1) is 23.3. The molecule has 9 nitrogen and oxygen atoms in total. The van der Waals surface area contributed by atoms with Gasteiger partial charge in [-0.1, -0.05) is 19.3 Å². The highest BCUT2D eigenvalue weighted by molar-refractivity contribution is 6.10. The maximum absolute atomic E-state index is 12.8. The molecule has 5 amide bonds. The molecule has 1 spiro atoms. The molecule has 2 fully saturated rings. The molecule has 0 atom stereocenters. The Hall–Kier alpha value is -3.88. The van der Waals surface area contributed by atoms with Gasteiger partial charge in [-0.3, -0.25) is 19.3 Å². The number of nitrogens with one attached hydrogen (secondary N) is 3. The Labute approximate surface area is 197 Å². The van der Waals surface area contributed by atoms with Crippen LogP contribution in [0.25, 0.3) is 0 Å². The topological polar surface area (TPSA) is 117 Å². The van der Waals surface area contributed by atoms with Gasteiger partial charge < -0.3 is 20.7 Å². The molecule has 0 radical (unpaired) electrons. The molecule has 2 aliphatic rings. The van der Waals surface area contributed by atoms with Gasteiger partial charge in [0.2, 0.25) is 5.91 Å². The molecular formula is C25H28N4O5. The van der Waals surface area contributed by atoms with Gasteiger partial charge in [-0.15, -0.1) is 0 Å². The lowest BCUT2D eigenvalue weighted by molar-refractivity contribution is -0.134. The summed E-state index contributed by atoms with van der Waals surface area (Å²) in [6, 6.07) is 12.9. The highest BCUT2D eigenvalue weighted by atomic mass is 16.5. The third-order valence-electron chi connectivity index (χ3n) is 6.11. The second-order valence-electron chi connectivity index (χ2n) is 8.50. The van der Waals surface area contributed by atoms with E-state index in [0.717, 1.165) is 29.9 Å². The lowest BCUT2D eigenvalue weighted by Crippen LogP contribution is -2.48. The molecule has 9 heteroatoms. The smallest absolute Gasteiger partial charge is 0.325 e. The molecule has 178 valence electrons. The van der Waals surface area contributed by atoms with Crippen molar-refractivity contribution in [1.82, 2.24) is 10.2 Å². The Morgan fingerprint density at radius 2 is 1.56 bits per heavy atom. The van der Waals surface area contributed by atoms with E-state index >= 15 is 0 Å². The van der Waals surface area contributed by atoms with Crippen LogP contribution in [0.3, 0.4) is 0 Å². The first-order valence-electron chi connectivity index (χ1n) is 11.5. The molecule has 0 aromatic heterocycles. The van der Waals surface area contributed by atoms with Gasteiger partial charge in [-0.05, 0) is 68.3 Å². The van der Waals surface area contributed by atoms with Crippen molar-refractivity contribution in [2.75, 3.05) is 23.8 Å². The fourth-order valence-corrected chi connectivity index (χ4v) is 4.37. The molecule has 2 aromatic carbocycles. The lowest BCUT2D eigenvalue weighted by atomic mass is 9.82. The van der Waals surface area contributed by atoms with Crippen LogP contribution in [0.5, 0.6) is 5.75 Å². The summed E-state index contributed by atoms with van der Waals surface area (Å²) in [4.78, 5) is 51.1. The molecule has 1 aliphatic heterocycles. The molecular weight excluding hydrogens is 436 g/mol. The number of nitrogens with zero attached hydrogens (tertiary/aromatic N) is 1.